The molecule has 94 valence electrons. The van der Waals surface area contributed by atoms with Crippen LogP contribution in [0.1, 0.15) is 20.3 Å². The fourth-order valence-corrected chi connectivity index (χ4v) is 3.59. The Kier molecular flexibility index (Phi) is 2.74. The molecule has 0 amide bonds. The van der Waals surface area contributed by atoms with Crippen LogP contribution in [0.25, 0.3) is 0 Å². The van der Waals surface area contributed by atoms with Gasteiger partial charge in [-0.3, -0.25) is 0 Å². The minimum absolute atomic E-state index is 0.235. The van der Waals surface area contributed by atoms with E-state index in [1.807, 2.05) is 6.08 Å². The van der Waals surface area contributed by atoms with Gasteiger partial charge in [-0.1, -0.05) is 6.08 Å². The fourth-order valence-electron chi connectivity index (χ4n) is 3.59. The van der Waals surface area contributed by atoms with Crippen molar-refractivity contribution in [2.45, 2.75) is 32.5 Å². The van der Waals surface area contributed by atoms with Gasteiger partial charge in [-0.25, -0.2) is 4.39 Å². The second-order valence-electron chi connectivity index (χ2n) is 5.66. The predicted molar refractivity (Wildman–Crippen MR) is 67.4 cm³/mol. The molecular weight excluding hydrogens is 215 g/mol. The van der Waals surface area contributed by atoms with Crippen LogP contribution in [0, 0.1) is 11.8 Å². The molecule has 2 unspecified atom stereocenters. The van der Waals surface area contributed by atoms with Crippen LogP contribution in [0.2, 0.25) is 0 Å². The van der Waals surface area contributed by atoms with Gasteiger partial charge in [-0.05, 0) is 44.4 Å². The Labute approximate surface area is 103 Å². The van der Waals surface area contributed by atoms with E-state index in [9.17, 15) is 4.39 Å². The Balaban J connectivity index is 1.92. The van der Waals surface area contributed by atoms with Crippen molar-refractivity contribution in [1.29, 1.82) is 0 Å². The summed E-state index contributed by atoms with van der Waals surface area (Å²) in [4.78, 5) is 2.44. The number of piperidine rings is 2. The first-order chi connectivity index (χ1) is 8.16. The normalized spacial score (nSPS) is 38.1. The SMILES string of the molecule is CC(F)C1=CC=C2[C@@H]3CNC[C@@H](C3)CN2C1C. The summed E-state index contributed by atoms with van der Waals surface area (Å²) in [7, 11) is 0. The van der Waals surface area contributed by atoms with Gasteiger partial charge >= 0.3 is 0 Å². The monoisotopic (exact) mass is 236 g/mol. The van der Waals surface area contributed by atoms with E-state index in [4.69, 9.17) is 0 Å². The van der Waals surface area contributed by atoms with Crippen molar-refractivity contribution >= 4 is 0 Å². The van der Waals surface area contributed by atoms with Gasteiger partial charge in [0.15, 0.2) is 0 Å². The van der Waals surface area contributed by atoms with Crippen molar-refractivity contribution in [1.82, 2.24) is 10.2 Å². The van der Waals surface area contributed by atoms with Gasteiger partial charge < -0.3 is 10.2 Å². The molecule has 3 aliphatic rings. The largest absolute Gasteiger partial charge is 0.368 e. The van der Waals surface area contributed by atoms with Crippen molar-refractivity contribution < 1.29 is 4.39 Å². The predicted octanol–water partition coefficient (Wildman–Crippen LogP) is 2.10. The van der Waals surface area contributed by atoms with E-state index in [0.717, 1.165) is 31.1 Å². The third-order valence-electron chi connectivity index (χ3n) is 4.50. The molecule has 2 saturated heterocycles. The van der Waals surface area contributed by atoms with Crippen molar-refractivity contribution in [2.24, 2.45) is 11.8 Å². The molecule has 0 aromatic rings. The highest BCUT2D eigenvalue weighted by Gasteiger charge is 2.38. The summed E-state index contributed by atoms with van der Waals surface area (Å²) >= 11 is 0. The number of nitrogens with one attached hydrogen (secondary N) is 1. The van der Waals surface area contributed by atoms with Gasteiger partial charge in [0.2, 0.25) is 0 Å². The Bertz CT molecular complexity index is 372. The zero-order chi connectivity index (χ0) is 12.0. The fraction of sp³-hybridized carbons (Fsp3) is 0.714. The summed E-state index contributed by atoms with van der Waals surface area (Å²) in [5, 5.41) is 3.51. The highest BCUT2D eigenvalue weighted by atomic mass is 19.1. The second kappa shape index (κ2) is 4.13. The van der Waals surface area contributed by atoms with Crippen molar-refractivity contribution in [3.05, 3.63) is 23.4 Å². The third-order valence-corrected chi connectivity index (χ3v) is 4.50. The second-order valence-corrected chi connectivity index (χ2v) is 5.66. The van der Waals surface area contributed by atoms with Crippen molar-refractivity contribution in [3.63, 3.8) is 0 Å². The Morgan fingerprint density at radius 3 is 3.00 bits per heavy atom. The van der Waals surface area contributed by atoms with Crippen LogP contribution in [0.15, 0.2) is 23.4 Å². The lowest BCUT2D eigenvalue weighted by atomic mass is 9.80. The molecular formula is C14H21FN2. The lowest BCUT2D eigenvalue weighted by molar-refractivity contribution is 0.121. The van der Waals surface area contributed by atoms with Crippen LogP contribution in [0.5, 0.6) is 0 Å². The Morgan fingerprint density at radius 2 is 2.24 bits per heavy atom. The van der Waals surface area contributed by atoms with Gasteiger partial charge in [0.05, 0.1) is 6.04 Å². The van der Waals surface area contributed by atoms with E-state index in [2.05, 4.69) is 23.2 Å². The molecule has 3 rings (SSSR count). The number of halogens is 1. The van der Waals surface area contributed by atoms with Crippen LogP contribution >= 0.6 is 0 Å². The molecule has 4 atom stereocenters. The topological polar surface area (TPSA) is 15.3 Å². The molecule has 3 aliphatic heterocycles. The van der Waals surface area contributed by atoms with Gasteiger partial charge in [0.1, 0.15) is 6.17 Å². The maximum Gasteiger partial charge on any atom is 0.121 e. The van der Waals surface area contributed by atoms with Gasteiger partial charge in [0.25, 0.3) is 0 Å². The number of nitrogens with zero attached hydrogens (tertiary/aromatic N) is 1. The molecule has 2 fully saturated rings. The maximum absolute atomic E-state index is 13.5. The van der Waals surface area contributed by atoms with Gasteiger partial charge in [0, 0.05) is 24.7 Å². The number of rotatable bonds is 1. The minimum atomic E-state index is -0.831. The summed E-state index contributed by atoms with van der Waals surface area (Å²) in [5.74, 6) is 1.38. The first-order valence-corrected chi connectivity index (χ1v) is 6.70. The molecule has 0 radical (unpaired) electrons. The van der Waals surface area contributed by atoms with Crippen LogP contribution in [-0.4, -0.2) is 36.7 Å². The van der Waals surface area contributed by atoms with Crippen molar-refractivity contribution in [3.8, 4) is 0 Å². The van der Waals surface area contributed by atoms with E-state index in [1.165, 1.54) is 12.1 Å². The summed E-state index contributed by atoms with van der Waals surface area (Å²) in [6.45, 7) is 7.08. The summed E-state index contributed by atoms with van der Waals surface area (Å²) in [6.07, 6.45) is 4.63. The molecule has 2 nitrogen and oxygen atoms in total. The first-order valence-electron chi connectivity index (χ1n) is 6.70. The van der Waals surface area contributed by atoms with E-state index in [0.29, 0.717) is 5.92 Å². The molecule has 0 saturated carbocycles. The third kappa shape index (κ3) is 1.81. The lowest BCUT2D eigenvalue weighted by Gasteiger charge is -2.49. The number of fused-ring (bicyclic) bond motifs is 4. The molecule has 17 heavy (non-hydrogen) atoms. The Hall–Kier alpha value is -0.830. The number of hydrogen-bond donors (Lipinski definition) is 1. The zero-order valence-electron chi connectivity index (χ0n) is 10.6. The first kappa shape index (κ1) is 11.3. The van der Waals surface area contributed by atoms with E-state index < -0.39 is 6.17 Å². The molecule has 0 aromatic heterocycles. The molecule has 2 bridgehead atoms. The molecule has 3 heterocycles. The standard InChI is InChI=1S/C14H21FN2/c1-9(15)13-3-4-14-12-5-11(6-16-7-12)8-17(14)10(13)2/h3-4,9-12,16H,5-8H2,1-2H3/t9?,10?,11-,12+/m1/s1. The van der Waals surface area contributed by atoms with Crippen LogP contribution in [0.3, 0.4) is 0 Å². The minimum Gasteiger partial charge on any atom is -0.368 e. The Morgan fingerprint density at radius 1 is 1.41 bits per heavy atom. The summed E-state index contributed by atoms with van der Waals surface area (Å²) in [6, 6.07) is 0.235. The average molecular weight is 236 g/mol. The number of allylic oxidation sites excluding steroid dienone is 2. The van der Waals surface area contributed by atoms with Crippen molar-refractivity contribution in [2.75, 3.05) is 19.6 Å². The maximum atomic E-state index is 13.5. The number of hydrogen-bond acceptors (Lipinski definition) is 2. The molecule has 0 aromatic carbocycles. The van der Waals surface area contributed by atoms with E-state index in [-0.39, 0.29) is 6.04 Å². The summed E-state index contributed by atoms with van der Waals surface area (Å²) in [5.41, 5.74) is 2.35. The van der Waals surface area contributed by atoms with Gasteiger partial charge in [-0.2, -0.15) is 0 Å². The van der Waals surface area contributed by atoms with E-state index in [1.54, 1.807) is 6.92 Å². The molecule has 0 aliphatic carbocycles. The highest BCUT2D eigenvalue weighted by Crippen LogP contribution is 2.38. The quantitative estimate of drug-likeness (QED) is 0.750. The van der Waals surface area contributed by atoms with Crippen LogP contribution in [-0.2, 0) is 0 Å². The zero-order valence-corrected chi connectivity index (χ0v) is 10.6. The molecule has 0 spiro atoms. The molecule has 3 heteroatoms. The average Bonchev–Trinajstić information content (AvgIpc) is 2.30. The smallest absolute Gasteiger partial charge is 0.121 e. The summed E-state index contributed by atoms with van der Waals surface area (Å²) < 4.78 is 13.5. The van der Waals surface area contributed by atoms with E-state index >= 15 is 0 Å². The highest BCUT2D eigenvalue weighted by molar-refractivity contribution is 5.32. The van der Waals surface area contributed by atoms with Crippen LogP contribution < -0.4 is 5.32 Å². The molecule has 1 N–H and O–H groups in total. The van der Waals surface area contributed by atoms with Crippen LogP contribution in [0.4, 0.5) is 4.39 Å². The number of alkyl halides is 1. The lowest BCUT2D eigenvalue weighted by Crippen LogP contribution is -2.53. The van der Waals surface area contributed by atoms with Gasteiger partial charge in [-0.15, -0.1) is 0 Å².